The predicted octanol–water partition coefficient (Wildman–Crippen LogP) is 10.7. The summed E-state index contributed by atoms with van der Waals surface area (Å²) in [6, 6.07) is 52.2. The second-order valence-electron chi connectivity index (χ2n) is 12.2. The van der Waals surface area contributed by atoms with E-state index in [-0.39, 0.29) is 0 Å². The summed E-state index contributed by atoms with van der Waals surface area (Å²) in [4.78, 5) is 10.6. The van der Waals surface area contributed by atoms with Crippen molar-refractivity contribution in [2.24, 2.45) is 0 Å². The van der Waals surface area contributed by atoms with Crippen molar-refractivity contribution in [3.8, 4) is 17.1 Å². The van der Waals surface area contributed by atoms with E-state index in [1.807, 2.05) is 24.3 Å². The minimum absolute atomic E-state index is 0.836. The molecule has 0 spiro atoms. The highest BCUT2D eigenvalue weighted by Crippen LogP contribution is 2.46. The Balaban J connectivity index is 1.43. The van der Waals surface area contributed by atoms with Gasteiger partial charge in [-0.25, -0.2) is 9.97 Å². The van der Waals surface area contributed by atoms with Crippen LogP contribution in [0.3, 0.4) is 0 Å². The zero-order chi connectivity index (χ0) is 29.9. The normalized spacial score (nSPS) is 12.3. The van der Waals surface area contributed by atoms with E-state index in [1.54, 1.807) is 0 Å². The third-order valence-electron chi connectivity index (χ3n) is 9.80. The first-order valence-corrected chi connectivity index (χ1v) is 15.7. The number of nitrogens with zero attached hydrogens (tertiary/aromatic N) is 4. The van der Waals surface area contributed by atoms with Crippen LogP contribution in [0.2, 0.25) is 0 Å². The van der Waals surface area contributed by atoms with Crippen LogP contribution < -0.4 is 0 Å². The van der Waals surface area contributed by atoms with Crippen LogP contribution in [0.1, 0.15) is 0 Å². The van der Waals surface area contributed by atoms with E-state index < -0.39 is 0 Å². The average Bonchev–Trinajstić information content (AvgIpc) is 3.59. The van der Waals surface area contributed by atoms with Crippen LogP contribution in [-0.2, 0) is 0 Å². The standard InChI is InChI=1S/C42H24N4/c1-2-11-25(12-3-1)40-42(44-33-18-8-7-17-32(33)43-40)46-35-20-10-16-29-31-23-26-13-4-5-14-27(26)24-37(31)45-34-19-9-6-15-28(34)30-21-22-36(46)39(38(29)35)41(30)45/h1-24H. The maximum Gasteiger partial charge on any atom is 0.165 e. The first-order chi connectivity index (χ1) is 22.8. The molecule has 0 atom stereocenters. The third-order valence-corrected chi connectivity index (χ3v) is 9.80. The summed E-state index contributed by atoms with van der Waals surface area (Å²) < 4.78 is 4.85. The van der Waals surface area contributed by atoms with Crippen LogP contribution in [0.5, 0.6) is 0 Å². The Morgan fingerprint density at radius 3 is 1.96 bits per heavy atom. The summed E-state index contributed by atoms with van der Waals surface area (Å²) in [7, 11) is 0. The number of hydrogen-bond acceptors (Lipinski definition) is 2. The summed E-state index contributed by atoms with van der Waals surface area (Å²) in [6.45, 7) is 0. The van der Waals surface area contributed by atoms with Crippen molar-refractivity contribution in [2.75, 3.05) is 0 Å². The molecule has 4 nitrogen and oxygen atoms in total. The summed E-state index contributed by atoms with van der Waals surface area (Å²) in [6.07, 6.45) is 0. The Labute approximate surface area is 262 Å². The molecule has 0 aliphatic rings. The highest BCUT2D eigenvalue weighted by molar-refractivity contribution is 6.33. The van der Waals surface area contributed by atoms with Crippen LogP contribution in [0.15, 0.2) is 146 Å². The maximum atomic E-state index is 5.37. The van der Waals surface area contributed by atoms with E-state index >= 15 is 0 Å². The fraction of sp³-hybridized carbons (Fsp3) is 0. The minimum atomic E-state index is 0.836. The van der Waals surface area contributed by atoms with E-state index in [0.29, 0.717) is 0 Å². The second kappa shape index (κ2) is 8.68. The molecule has 11 aromatic rings. The van der Waals surface area contributed by atoms with Gasteiger partial charge in [0.25, 0.3) is 0 Å². The molecule has 46 heavy (non-hydrogen) atoms. The van der Waals surface area contributed by atoms with Gasteiger partial charge in [0.1, 0.15) is 5.69 Å². The van der Waals surface area contributed by atoms with Crippen molar-refractivity contribution >= 4 is 81.7 Å². The monoisotopic (exact) mass is 584 g/mol. The van der Waals surface area contributed by atoms with Gasteiger partial charge in [-0.3, -0.25) is 4.57 Å². The Hall–Kier alpha value is -6.26. The van der Waals surface area contributed by atoms with E-state index in [4.69, 9.17) is 9.97 Å². The zero-order valence-electron chi connectivity index (χ0n) is 24.6. The lowest BCUT2D eigenvalue weighted by molar-refractivity contribution is 1.08. The predicted molar refractivity (Wildman–Crippen MR) is 191 cm³/mol. The van der Waals surface area contributed by atoms with E-state index in [2.05, 4.69) is 130 Å². The molecule has 0 radical (unpaired) electrons. The summed E-state index contributed by atoms with van der Waals surface area (Å²) in [5, 5.41) is 9.94. The number of para-hydroxylation sites is 3. The summed E-state index contributed by atoms with van der Waals surface area (Å²) >= 11 is 0. The van der Waals surface area contributed by atoms with Crippen molar-refractivity contribution in [1.82, 2.24) is 18.9 Å². The molecule has 0 aliphatic heterocycles. The number of hydrogen-bond donors (Lipinski definition) is 0. The van der Waals surface area contributed by atoms with Gasteiger partial charge in [0, 0.05) is 32.5 Å². The lowest BCUT2D eigenvalue weighted by Gasteiger charge is -2.14. The first kappa shape index (κ1) is 24.1. The van der Waals surface area contributed by atoms with Crippen molar-refractivity contribution in [3.05, 3.63) is 146 Å². The van der Waals surface area contributed by atoms with Crippen LogP contribution >= 0.6 is 0 Å². The van der Waals surface area contributed by atoms with E-state index in [1.165, 1.54) is 59.6 Å². The van der Waals surface area contributed by atoms with Gasteiger partial charge in [-0.1, -0.05) is 103 Å². The molecule has 212 valence electrons. The van der Waals surface area contributed by atoms with E-state index in [9.17, 15) is 0 Å². The molecular formula is C42H24N4. The average molecular weight is 585 g/mol. The Bertz CT molecular complexity index is 3020. The number of fused-ring (bicyclic) bond motifs is 8. The molecular weight excluding hydrogens is 560 g/mol. The lowest BCUT2D eigenvalue weighted by atomic mass is 10.0. The molecule has 0 unspecified atom stereocenters. The maximum absolute atomic E-state index is 5.37. The first-order valence-electron chi connectivity index (χ1n) is 15.7. The molecule has 4 heterocycles. The number of rotatable bonds is 2. The van der Waals surface area contributed by atoms with Gasteiger partial charge in [0.05, 0.1) is 38.6 Å². The van der Waals surface area contributed by atoms with Crippen LogP contribution in [0.25, 0.3) is 98.8 Å². The topological polar surface area (TPSA) is 35.1 Å². The van der Waals surface area contributed by atoms with Crippen LogP contribution in [-0.4, -0.2) is 18.9 Å². The Kier molecular flexibility index (Phi) is 4.55. The van der Waals surface area contributed by atoms with Gasteiger partial charge in [-0.15, -0.1) is 0 Å². The highest BCUT2D eigenvalue weighted by Gasteiger charge is 2.25. The molecule has 0 saturated heterocycles. The molecule has 4 heteroatoms. The Morgan fingerprint density at radius 1 is 0.413 bits per heavy atom. The lowest BCUT2D eigenvalue weighted by Crippen LogP contribution is -2.03. The molecule has 0 aliphatic carbocycles. The SMILES string of the molecule is c1ccc(-c2nc3ccccc3nc2-n2c3cccc4c5cc6ccccc6cc5n5c6ccccc6c6ccc2c(c43)c65)cc1. The van der Waals surface area contributed by atoms with Crippen LogP contribution in [0, 0.1) is 0 Å². The van der Waals surface area contributed by atoms with Gasteiger partial charge in [-0.2, -0.15) is 0 Å². The highest BCUT2D eigenvalue weighted by atomic mass is 15.1. The number of aromatic nitrogens is 4. The molecule has 0 saturated carbocycles. The fourth-order valence-corrected chi connectivity index (χ4v) is 7.87. The van der Waals surface area contributed by atoms with Gasteiger partial charge in [-0.05, 0) is 58.6 Å². The van der Waals surface area contributed by atoms with Gasteiger partial charge < -0.3 is 4.40 Å². The smallest absolute Gasteiger partial charge is 0.165 e. The fourth-order valence-electron chi connectivity index (χ4n) is 7.87. The van der Waals surface area contributed by atoms with Crippen molar-refractivity contribution < 1.29 is 0 Å². The molecule has 4 aromatic heterocycles. The summed E-state index contributed by atoms with van der Waals surface area (Å²) in [5.74, 6) is 0.836. The molecule has 11 rings (SSSR count). The number of benzene rings is 7. The van der Waals surface area contributed by atoms with Gasteiger partial charge in [0.15, 0.2) is 5.82 Å². The minimum Gasteiger partial charge on any atom is -0.308 e. The summed E-state index contributed by atoms with van der Waals surface area (Å²) in [5.41, 5.74) is 9.58. The Morgan fingerprint density at radius 2 is 1.09 bits per heavy atom. The molecule has 0 fully saturated rings. The van der Waals surface area contributed by atoms with E-state index in [0.717, 1.165) is 39.1 Å². The molecule has 0 bridgehead atoms. The largest absolute Gasteiger partial charge is 0.308 e. The van der Waals surface area contributed by atoms with Gasteiger partial charge >= 0.3 is 0 Å². The van der Waals surface area contributed by atoms with Crippen molar-refractivity contribution in [1.29, 1.82) is 0 Å². The van der Waals surface area contributed by atoms with Crippen LogP contribution in [0.4, 0.5) is 0 Å². The molecule has 7 aromatic carbocycles. The quantitative estimate of drug-likeness (QED) is 0.203. The van der Waals surface area contributed by atoms with Crippen molar-refractivity contribution in [2.45, 2.75) is 0 Å². The second-order valence-corrected chi connectivity index (χ2v) is 12.2. The molecule has 0 N–H and O–H groups in total. The third kappa shape index (κ3) is 3.03. The van der Waals surface area contributed by atoms with Gasteiger partial charge in [0.2, 0.25) is 0 Å². The van der Waals surface area contributed by atoms with Crippen molar-refractivity contribution in [3.63, 3.8) is 0 Å². The molecule has 0 amide bonds. The zero-order valence-corrected chi connectivity index (χ0v) is 24.6.